The molecule has 1 amide bonds. The Morgan fingerprint density at radius 3 is 2.09 bits per heavy atom. The number of hydrogen-bond donors (Lipinski definition) is 1. The van der Waals surface area contributed by atoms with Gasteiger partial charge in [0.25, 0.3) is 0 Å². The number of nitrogens with one attached hydrogen (secondary N) is 1. The van der Waals surface area contributed by atoms with E-state index in [0.717, 1.165) is 34.4 Å². The molecule has 1 N–H and O–H groups in total. The second kappa shape index (κ2) is 8.49. The molecule has 0 fully saturated rings. The zero-order valence-corrected chi connectivity index (χ0v) is 17.1. The first-order valence-electron chi connectivity index (χ1n) is 10.0. The van der Waals surface area contributed by atoms with Crippen LogP contribution in [0.4, 0.5) is 13.2 Å². The van der Waals surface area contributed by atoms with E-state index in [4.69, 9.17) is 4.74 Å². The van der Waals surface area contributed by atoms with Gasteiger partial charge in [-0.1, -0.05) is 66.7 Å². The number of amides is 1. The summed E-state index contributed by atoms with van der Waals surface area (Å²) in [6.07, 6.45) is -4.80. The first kappa shape index (κ1) is 21.6. The summed E-state index contributed by atoms with van der Waals surface area (Å²) in [5.41, 5.74) is 3.06. The second-order valence-corrected chi connectivity index (χ2v) is 7.60. The van der Waals surface area contributed by atoms with Crippen molar-refractivity contribution in [2.45, 2.75) is 24.6 Å². The molecule has 0 aliphatic heterocycles. The maximum Gasteiger partial charge on any atom is 0.416 e. The number of esters is 1. The van der Waals surface area contributed by atoms with Crippen LogP contribution >= 0.6 is 0 Å². The molecule has 0 aromatic heterocycles. The molecule has 4 rings (SSSR count). The molecule has 1 aliphatic carbocycles. The average Bonchev–Trinajstić information content (AvgIpc) is 3.11. The Kier molecular flexibility index (Phi) is 5.74. The number of carbonyl (C=O) groups is 2. The lowest BCUT2D eigenvalue weighted by atomic mass is 9.89. The summed E-state index contributed by atoms with van der Waals surface area (Å²) >= 11 is 0. The highest BCUT2D eigenvalue weighted by molar-refractivity contribution is 5.90. The number of fused-ring (bicyclic) bond motifs is 3. The Hall–Kier alpha value is -3.61. The lowest BCUT2D eigenvalue weighted by molar-refractivity contribution is -0.145. The van der Waals surface area contributed by atoms with Gasteiger partial charge in [-0.05, 0) is 33.9 Å². The third kappa shape index (κ3) is 4.10. The van der Waals surface area contributed by atoms with Crippen LogP contribution in [0.5, 0.6) is 0 Å². The molecule has 0 heterocycles. The highest BCUT2D eigenvalue weighted by Gasteiger charge is 2.39. The Labute approximate surface area is 183 Å². The lowest BCUT2D eigenvalue weighted by Gasteiger charge is -2.24. The van der Waals surface area contributed by atoms with Gasteiger partial charge in [-0.3, -0.25) is 4.79 Å². The van der Waals surface area contributed by atoms with Crippen molar-refractivity contribution in [2.75, 3.05) is 7.11 Å². The fourth-order valence-corrected chi connectivity index (χ4v) is 4.23. The van der Waals surface area contributed by atoms with Gasteiger partial charge >= 0.3 is 12.1 Å². The summed E-state index contributed by atoms with van der Waals surface area (Å²) < 4.78 is 43.9. The molecule has 1 aliphatic rings. The molecule has 0 spiro atoms. The topological polar surface area (TPSA) is 55.4 Å². The zero-order valence-electron chi connectivity index (χ0n) is 17.1. The largest absolute Gasteiger partial charge is 0.467 e. The zero-order chi connectivity index (χ0) is 22.9. The van der Waals surface area contributed by atoms with Gasteiger partial charge in [0.2, 0.25) is 5.91 Å². The minimum atomic E-state index is -4.50. The SMILES string of the molecule is COC(=O)[C@H](NC(=O)Cc1cccc(C(F)(F)F)c1)C1c2ccccc2-c2ccccc21. The minimum absolute atomic E-state index is 0.202. The van der Waals surface area contributed by atoms with Crippen molar-refractivity contribution in [1.82, 2.24) is 5.32 Å². The number of methoxy groups -OCH3 is 1. The van der Waals surface area contributed by atoms with Crippen LogP contribution in [0.15, 0.2) is 72.8 Å². The average molecular weight is 439 g/mol. The number of ether oxygens (including phenoxy) is 1. The van der Waals surface area contributed by atoms with Crippen LogP contribution < -0.4 is 5.32 Å². The predicted octanol–water partition coefficient (Wildman–Crippen LogP) is 4.72. The van der Waals surface area contributed by atoms with E-state index in [0.29, 0.717) is 0 Å². The quantitative estimate of drug-likeness (QED) is 0.586. The summed E-state index contributed by atoms with van der Waals surface area (Å²) in [7, 11) is 1.24. The Morgan fingerprint density at radius 2 is 1.53 bits per heavy atom. The predicted molar refractivity (Wildman–Crippen MR) is 113 cm³/mol. The van der Waals surface area contributed by atoms with Crippen molar-refractivity contribution >= 4 is 11.9 Å². The van der Waals surface area contributed by atoms with Crippen molar-refractivity contribution in [3.05, 3.63) is 95.1 Å². The molecule has 32 heavy (non-hydrogen) atoms. The van der Waals surface area contributed by atoms with E-state index in [1.807, 2.05) is 48.5 Å². The van der Waals surface area contributed by atoms with Crippen LogP contribution in [0.1, 0.15) is 28.2 Å². The molecule has 0 radical (unpaired) electrons. The highest BCUT2D eigenvalue weighted by Crippen LogP contribution is 2.46. The van der Waals surface area contributed by atoms with Gasteiger partial charge in [0.1, 0.15) is 6.04 Å². The molecule has 0 bridgehead atoms. The van der Waals surface area contributed by atoms with Crippen LogP contribution in [0.2, 0.25) is 0 Å². The van der Waals surface area contributed by atoms with Crippen molar-refractivity contribution in [2.24, 2.45) is 0 Å². The van der Waals surface area contributed by atoms with E-state index < -0.39 is 35.6 Å². The molecule has 3 aromatic rings. The highest BCUT2D eigenvalue weighted by atomic mass is 19.4. The number of rotatable bonds is 5. The van der Waals surface area contributed by atoms with Gasteiger partial charge in [0, 0.05) is 5.92 Å². The number of carbonyl (C=O) groups excluding carboxylic acids is 2. The fraction of sp³-hybridized carbons (Fsp3) is 0.200. The molecule has 4 nitrogen and oxygen atoms in total. The van der Waals surface area contributed by atoms with Crippen molar-refractivity contribution in [3.63, 3.8) is 0 Å². The lowest BCUT2D eigenvalue weighted by Crippen LogP contribution is -2.46. The van der Waals surface area contributed by atoms with Crippen LogP contribution in [0.3, 0.4) is 0 Å². The number of hydrogen-bond acceptors (Lipinski definition) is 3. The summed E-state index contributed by atoms with van der Waals surface area (Å²) in [5, 5.41) is 2.70. The molecule has 7 heteroatoms. The smallest absolute Gasteiger partial charge is 0.416 e. The molecule has 3 aromatic carbocycles. The Balaban J connectivity index is 1.63. The second-order valence-electron chi connectivity index (χ2n) is 7.60. The normalized spacial score (nSPS) is 13.8. The van der Waals surface area contributed by atoms with Crippen LogP contribution in [0, 0.1) is 0 Å². The third-order valence-electron chi connectivity index (χ3n) is 5.61. The van der Waals surface area contributed by atoms with Gasteiger partial charge < -0.3 is 10.1 Å². The molecule has 0 saturated carbocycles. The number of alkyl halides is 3. The first-order valence-corrected chi connectivity index (χ1v) is 10.0. The standard InChI is InChI=1S/C25H20F3NO3/c1-32-24(31)23(29-21(30)14-15-7-6-8-16(13-15)25(26,27)28)22-19-11-4-2-9-17(19)18-10-3-5-12-20(18)22/h2-13,22-23H,14H2,1H3,(H,29,30)/t23-/m1/s1. The maximum atomic E-state index is 13.0. The minimum Gasteiger partial charge on any atom is -0.467 e. The molecular formula is C25H20F3NO3. The van der Waals surface area contributed by atoms with Gasteiger partial charge in [-0.2, -0.15) is 13.2 Å². The maximum absolute atomic E-state index is 13.0. The van der Waals surface area contributed by atoms with E-state index in [1.165, 1.54) is 19.2 Å². The van der Waals surface area contributed by atoms with E-state index in [2.05, 4.69) is 5.32 Å². The number of halogens is 3. The summed E-state index contributed by atoms with van der Waals surface area (Å²) in [5.74, 6) is -1.67. The Bertz CT molecular complexity index is 1130. The molecule has 0 saturated heterocycles. The van der Waals surface area contributed by atoms with E-state index >= 15 is 0 Å². The van der Waals surface area contributed by atoms with Crippen LogP contribution in [-0.4, -0.2) is 25.0 Å². The first-order chi connectivity index (χ1) is 15.3. The third-order valence-corrected chi connectivity index (χ3v) is 5.61. The van der Waals surface area contributed by atoms with E-state index in [1.54, 1.807) is 0 Å². The van der Waals surface area contributed by atoms with Crippen molar-refractivity contribution < 1.29 is 27.5 Å². The van der Waals surface area contributed by atoms with Gasteiger partial charge in [-0.25, -0.2) is 4.79 Å². The van der Waals surface area contributed by atoms with Crippen LogP contribution in [0.25, 0.3) is 11.1 Å². The summed E-state index contributed by atoms with van der Waals surface area (Å²) in [6, 6.07) is 18.8. The van der Waals surface area contributed by atoms with Crippen molar-refractivity contribution in [1.29, 1.82) is 0 Å². The van der Waals surface area contributed by atoms with Gasteiger partial charge in [-0.15, -0.1) is 0 Å². The Morgan fingerprint density at radius 1 is 0.938 bits per heavy atom. The molecule has 1 atom stereocenters. The monoisotopic (exact) mass is 439 g/mol. The summed E-state index contributed by atoms with van der Waals surface area (Å²) in [4.78, 5) is 25.5. The van der Waals surface area contributed by atoms with Crippen molar-refractivity contribution in [3.8, 4) is 11.1 Å². The van der Waals surface area contributed by atoms with Gasteiger partial charge in [0.05, 0.1) is 19.1 Å². The molecule has 0 unspecified atom stereocenters. The summed E-state index contributed by atoms with van der Waals surface area (Å²) in [6.45, 7) is 0. The van der Waals surface area contributed by atoms with Crippen LogP contribution in [-0.2, 0) is 26.9 Å². The number of benzene rings is 3. The molecule has 164 valence electrons. The molecular weight excluding hydrogens is 419 g/mol. The van der Waals surface area contributed by atoms with Gasteiger partial charge in [0.15, 0.2) is 0 Å². The van der Waals surface area contributed by atoms with E-state index in [9.17, 15) is 22.8 Å². The van der Waals surface area contributed by atoms with E-state index in [-0.39, 0.29) is 12.0 Å². The fourth-order valence-electron chi connectivity index (χ4n) is 4.23.